The zero-order valence-electron chi connectivity index (χ0n) is 13.7. The standard InChI is InChI=1S/C19H17N3O3/c1-13-5-7-16(8-6-13)22-19(24)15(11-20)9-14-3-2-4-17(10-14)25-12-18(21)23/h2-10H,12H2,1H3,(H2,21,23)(H,22,24)/b15-9-. The van der Waals surface area contributed by atoms with E-state index in [2.05, 4.69) is 5.32 Å². The Hall–Kier alpha value is -3.59. The molecule has 0 aromatic heterocycles. The number of hydrogen-bond donors (Lipinski definition) is 2. The number of carbonyl (C=O) groups is 2. The monoisotopic (exact) mass is 335 g/mol. The molecule has 0 saturated carbocycles. The van der Waals surface area contributed by atoms with Gasteiger partial charge in [-0.15, -0.1) is 0 Å². The molecule has 25 heavy (non-hydrogen) atoms. The first kappa shape index (κ1) is 17.8. The van der Waals surface area contributed by atoms with E-state index in [1.807, 2.05) is 25.1 Å². The molecule has 2 amide bonds. The number of aryl methyl sites for hydroxylation is 1. The molecule has 2 rings (SSSR count). The maximum Gasteiger partial charge on any atom is 0.266 e. The van der Waals surface area contributed by atoms with Crippen LogP contribution in [0.2, 0.25) is 0 Å². The molecule has 0 bridgehead atoms. The van der Waals surface area contributed by atoms with Gasteiger partial charge in [-0.05, 0) is 42.8 Å². The number of nitrogens with two attached hydrogens (primary N) is 1. The molecule has 6 nitrogen and oxygen atoms in total. The van der Waals surface area contributed by atoms with E-state index in [0.29, 0.717) is 17.0 Å². The lowest BCUT2D eigenvalue weighted by molar-refractivity contribution is -0.120. The van der Waals surface area contributed by atoms with Gasteiger partial charge in [0.15, 0.2) is 6.61 Å². The Morgan fingerprint density at radius 2 is 1.96 bits per heavy atom. The summed E-state index contributed by atoms with van der Waals surface area (Å²) in [6.45, 7) is 1.70. The highest BCUT2D eigenvalue weighted by molar-refractivity contribution is 6.09. The molecule has 0 saturated heterocycles. The molecule has 0 aliphatic heterocycles. The molecule has 6 heteroatoms. The Morgan fingerprint density at radius 1 is 1.24 bits per heavy atom. The molecule has 0 aliphatic rings. The van der Waals surface area contributed by atoms with Crippen molar-refractivity contribution >= 4 is 23.6 Å². The molecule has 0 fully saturated rings. The molecule has 0 aliphatic carbocycles. The summed E-state index contributed by atoms with van der Waals surface area (Å²) in [5, 5.41) is 11.9. The van der Waals surface area contributed by atoms with Crippen molar-refractivity contribution in [3.05, 3.63) is 65.2 Å². The van der Waals surface area contributed by atoms with Crippen LogP contribution in [0.25, 0.3) is 6.08 Å². The molecule has 2 aromatic rings. The van der Waals surface area contributed by atoms with Crippen LogP contribution in [0.3, 0.4) is 0 Å². The summed E-state index contributed by atoms with van der Waals surface area (Å²) in [6.07, 6.45) is 1.45. The first-order valence-electron chi connectivity index (χ1n) is 7.49. The Bertz CT molecular complexity index is 849. The Balaban J connectivity index is 2.14. The number of benzene rings is 2. The van der Waals surface area contributed by atoms with Gasteiger partial charge in [0.2, 0.25) is 0 Å². The van der Waals surface area contributed by atoms with Crippen LogP contribution in [0.4, 0.5) is 5.69 Å². The van der Waals surface area contributed by atoms with Crippen molar-refractivity contribution in [1.82, 2.24) is 0 Å². The second-order valence-electron chi connectivity index (χ2n) is 5.32. The van der Waals surface area contributed by atoms with Crippen molar-refractivity contribution in [3.8, 4) is 11.8 Å². The SMILES string of the molecule is Cc1ccc(NC(=O)/C(C#N)=C\c2cccc(OCC(N)=O)c2)cc1. The van der Waals surface area contributed by atoms with E-state index in [0.717, 1.165) is 5.56 Å². The van der Waals surface area contributed by atoms with Crippen LogP contribution in [0.1, 0.15) is 11.1 Å². The normalized spacial score (nSPS) is 10.6. The van der Waals surface area contributed by atoms with Crippen molar-refractivity contribution in [2.24, 2.45) is 5.73 Å². The molecular weight excluding hydrogens is 318 g/mol. The van der Waals surface area contributed by atoms with Crippen LogP contribution in [0, 0.1) is 18.3 Å². The number of amides is 2. The largest absolute Gasteiger partial charge is 0.484 e. The minimum absolute atomic E-state index is 0.0485. The average molecular weight is 335 g/mol. The fraction of sp³-hybridized carbons (Fsp3) is 0.105. The third kappa shape index (κ3) is 5.52. The third-order valence-corrected chi connectivity index (χ3v) is 3.22. The lowest BCUT2D eigenvalue weighted by Crippen LogP contribution is -2.20. The van der Waals surface area contributed by atoms with E-state index in [4.69, 9.17) is 10.5 Å². The number of ether oxygens (including phenoxy) is 1. The van der Waals surface area contributed by atoms with Gasteiger partial charge >= 0.3 is 0 Å². The number of carbonyl (C=O) groups excluding carboxylic acids is 2. The number of nitrogens with one attached hydrogen (secondary N) is 1. The lowest BCUT2D eigenvalue weighted by atomic mass is 10.1. The second kappa shape index (κ2) is 8.31. The maximum absolute atomic E-state index is 12.2. The van der Waals surface area contributed by atoms with Crippen molar-refractivity contribution in [3.63, 3.8) is 0 Å². The Morgan fingerprint density at radius 3 is 2.60 bits per heavy atom. The van der Waals surface area contributed by atoms with Gasteiger partial charge in [0.25, 0.3) is 11.8 Å². The highest BCUT2D eigenvalue weighted by Gasteiger charge is 2.10. The number of anilines is 1. The van der Waals surface area contributed by atoms with E-state index >= 15 is 0 Å². The summed E-state index contributed by atoms with van der Waals surface area (Å²) >= 11 is 0. The van der Waals surface area contributed by atoms with E-state index in [9.17, 15) is 14.9 Å². The van der Waals surface area contributed by atoms with Crippen LogP contribution >= 0.6 is 0 Å². The van der Waals surface area contributed by atoms with Crippen molar-refractivity contribution < 1.29 is 14.3 Å². The molecule has 2 aromatic carbocycles. The van der Waals surface area contributed by atoms with E-state index in [1.54, 1.807) is 36.4 Å². The summed E-state index contributed by atoms with van der Waals surface area (Å²) in [7, 11) is 0. The van der Waals surface area contributed by atoms with Gasteiger partial charge in [0, 0.05) is 5.69 Å². The summed E-state index contributed by atoms with van der Waals surface area (Å²) in [5.74, 6) is -0.672. The summed E-state index contributed by atoms with van der Waals surface area (Å²) in [5.41, 5.74) is 7.26. The fourth-order valence-corrected chi connectivity index (χ4v) is 2.00. The number of hydrogen-bond acceptors (Lipinski definition) is 4. The predicted octanol–water partition coefficient (Wildman–Crippen LogP) is 2.40. The van der Waals surface area contributed by atoms with E-state index in [1.165, 1.54) is 6.08 Å². The van der Waals surface area contributed by atoms with Gasteiger partial charge in [-0.3, -0.25) is 9.59 Å². The van der Waals surface area contributed by atoms with Crippen LogP contribution in [0.15, 0.2) is 54.1 Å². The molecular formula is C19H17N3O3. The predicted molar refractivity (Wildman–Crippen MR) is 94.5 cm³/mol. The number of nitriles is 1. The topological polar surface area (TPSA) is 105 Å². The highest BCUT2D eigenvalue weighted by atomic mass is 16.5. The molecule has 3 N–H and O–H groups in total. The summed E-state index contributed by atoms with van der Waals surface area (Å²) in [4.78, 5) is 23.0. The van der Waals surface area contributed by atoms with Crippen LogP contribution in [-0.2, 0) is 9.59 Å². The smallest absolute Gasteiger partial charge is 0.266 e. The molecule has 0 spiro atoms. The minimum Gasteiger partial charge on any atom is -0.484 e. The molecule has 126 valence electrons. The fourth-order valence-electron chi connectivity index (χ4n) is 2.00. The number of primary amides is 1. The van der Waals surface area contributed by atoms with Crippen LogP contribution in [0.5, 0.6) is 5.75 Å². The zero-order valence-corrected chi connectivity index (χ0v) is 13.7. The van der Waals surface area contributed by atoms with Gasteiger partial charge in [0.1, 0.15) is 17.4 Å². The average Bonchev–Trinajstić information content (AvgIpc) is 2.60. The quantitative estimate of drug-likeness (QED) is 0.624. The molecule has 0 atom stereocenters. The van der Waals surface area contributed by atoms with E-state index < -0.39 is 11.8 Å². The third-order valence-electron chi connectivity index (χ3n) is 3.22. The molecule has 0 heterocycles. The van der Waals surface area contributed by atoms with Gasteiger partial charge in [-0.25, -0.2) is 0 Å². The molecule has 0 unspecified atom stereocenters. The Kier molecular flexibility index (Phi) is 5.91. The first-order chi connectivity index (χ1) is 12.0. The van der Waals surface area contributed by atoms with Crippen LogP contribution in [-0.4, -0.2) is 18.4 Å². The lowest BCUT2D eigenvalue weighted by Gasteiger charge is -2.06. The zero-order chi connectivity index (χ0) is 18.2. The number of nitrogens with zero attached hydrogens (tertiary/aromatic N) is 1. The summed E-state index contributed by atoms with van der Waals surface area (Å²) < 4.78 is 5.20. The summed E-state index contributed by atoms with van der Waals surface area (Å²) in [6, 6.07) is 15.8. The highest BCUT2D eigenvalue weighted by Crippen LogP contribution is 2.17. The number of rotatable bonds is 6. The molecule has 0 radical (unpaired) electrons. The van der Waals surface area contributed by atoms with E-state index in [-0.39, 0.29) is 12.2 Å². The van der Waals surface area contributed by atoms with Gasteiger partial charge in [-0.2, -0.15) is 5.26 Å². The first-order valence-corrected chi connectivity index (χ1v) is 7.49. The second-order valence-corrected chi connectivity index (χ2v) is 5.32. The van der Waals surface area contributed by atoms with Gasteiger partial charge < -0.3 is 15.8 Å². The minimum atomic E-state index is -0.587. The van der Waals surface area contributed by atoms with Crippen molar-refractivity contribution in [2.45, 2.75) is 6.92 Å². The van der Waals surface area contributed by atoms with Crippen molar-refractivity contribution in [1.29, 1.82) is 5.26 Å². The van der Waals surface area contributed by atoms with Crippen LogP contribution < -0.4 is 15.8 Å². The van der Waals surface area contributed by atoms with Gasteiger partial charge in [-0.1, -0.05) is 29.8 Å². The van der Waals surface area contributed by atoms with Crippen molar-refractivity contribution in [2.75, 3.05) is 11.9 Å². The Labute approximate surface area is 145 Å². The van der Waals surface area contributed by atoms with Gasteiger partial charge in [0.05, 0.1) is 0 Å². The maximum atomic E-state index is 12.2.